The van der Waals surface area contributed by atoms with Crippen molar-refractivity contribution in [1.29, 1.82) is 0 Å². The van der Waals surface area contributed by atoms with Crippen LogP contribution in [0.2, 0.25) is 0 Å². The zero-order valence-electron chi connectivity index (χ0n) is 11.0. The van der Waals surface area contributed by atoms with Crippen LogP contribution in [-0.2, 0) is 4.74 Å². The molecule has 1 aliphatic rings. The zero-order valence-corrected chi connectivity index (χ0v) is 11.8. The molecule has 0 spiro atoms. The number of nitrogens with zero attached hydrogens (tertiary/aromatic N) is 2. The highest BCUT2D eigenvalue weighted by molar-refractivity contribution is 7.98. The Morgan fingerprint density at radius 3 is 2.89 bits per heavy atom. The van der Waals surface area contributed by atoms with Gasteiger partial charge in [0, 0.05) is 25.6 Å². The van der Waals surface area contributed by atoms with E-state index in [9.17, 15) is 5.11 Å². The Hall–Kier alpha value is -1.09. The second kappa shape index (κ2) is 5.91. The summed E-state index contributed by atoms with van der Waals surface area (Å²) < 4.78 is 5.39. The third-order valence-electron chi connectivity index (χ3n) is 3.27. The lowest BCUT2D eigenvalue weighted by Gasteiger charge is -2.26. The first-order chi connectivity index (χ1) is 9.07. The second-order valence-electron chi connectivity index (χ2n) is 4.49. The molecule has 0 amide bonds. The number of rotatable bonds is 5. The van der Waals surface area contributed by atoms with E-state index in [1.165, 1.54) is 11.8 Å². The molecule has 7 nitrogen and oxygen atoms in total. The number of nitrogens with two attached hydrogens (primary N) is 1. The number of hydrogen-bond donors (Lipinski definition) is 4. The molecule has 0 bridgehead atoms. The summed E-state index contributed by atoms with van der Waals surface area (Å²) in [6, 6.07) is 1.70. The van der Waals surface area contributed by atoms with E-state index in [4.69, 9.17) is 10.6 Å². The van der Waals surface area contributed by atoms with Gasteiger partial charge < -0.3 is 20.6 Å². The maximum atomic E-state index is 10.4. The van der Waals surface area contributed by atoms with Gasteiger partial charge in [0.15, 0.2) is 5.16 Å². The third kappa shape index (κ3) is 3.27. The van der Waals surface area contributed by atoms with E-state index < -0.39 is 5.60 Å². The molecular formula is C11H19N5O2S. The molecule has 1 saturated heterocycles. The molecule has 8 heteroatoms. The van der Waals surface area contributed by atoms with Crippen molar-refractivity contribution in [2.75, 3.05) is 30.1 Å². The summed E-state index contributed by atoms with van der Waals surface area (Å²) in [5.74, 6) is 6.52. The summed E-state index contributed by atoms with van der Waals surface area (Å²) >= 11 is 1.43. The predicted octanol–water partition coefficient (Wildman–Crippen LogP) is 0.436. The Kier molecular flexibility index (Phi) is 4.46. The van der Waals surface area contributed by atoms with Crippen LogP contribution < -0.4 is 16.6 Å². The lowest BCUT2D eigenvalue weighted by Crippen LogP contribution is -2.43. The van der Waals surface area contributed by atoms with E-state index in [1.807, 2.05) is 13.2 Å². The number of hydrazine groups is 1. The molecule has 1 aromatic rings. The molecular weight excluding hydrogens is 266 g/mol. The Bertz CT molecular complexity index is 425. The fourth-order valence-electron chi connectivity index (χ4n) is 1.93. The van der Waals surface area contributed by atoms with Crippen LogP contribution >= 0.6 is 11.8 Å². The second-order valence-corrected chi connectivity index (χ2v) is 5.26. The van der Waals surface area contributed by atoms with E-state index >= 15 is 0 Å². The van der Waals surface area contributed by atoms with Gasteiger partial charge in [-0.3, -0.25) is 0 Å². The highest BCUT2D eigenvalue weighted by Crippen LogP contribution is 2.26. The molecule has 2 heterocycles. The van der Waals surface area contributed by atoms with E-state index in [0.29, 0.717) is 36.4 Å². The maximum absolute atomic E-state index is 10.4. The Labute approximate surface area is 116 Å². The van der Waals surface area contributed by atoms with Crippen LogP contribution in [-0.4, -0.2) is 46.2 Å². The molecule has 1 fully saturated rings. The summed E-state index contributed by atoms with van der Waals surface area (Å²) in [5, 5.41) is 14.1. The molecule has 19 heavy (non-hydrogen) atoms. The number of thioether (sulfide) groups is 1. The minimum absolute atomic E-state index is 0.186. The highest BCUT2D eigenvalue weighted by Gasteiger charge is 2.39. The maximum Gasteiger partial charge on any atom is 0.191 e. The van der Waals surface area contributed by atoms with Gasteiger partial charge in [-0.1, -0.05) is 11.8 Å². The fraction of sp³-hybridized carbons (Fsp3) is 0.636. The van der Waals surface area contributed by atoms with Crippen molar-refractivity contribution in [2.45, 2.75) is 30.2 Å². The lowest BCUT2D eigenvalue weighted by molar-refractivity contribution is -0.0176. The normalized spacial score (nSPS) is 26.4. The van der Waals surface area contributed by atoms with E-state index in [-0.39, 0.29) is 6.10 Å². The van der Waals surface area contributed by atoms with Gasteiger partial charge >= 0.3 is 0 Å². The van der Waals surface area contributed by atoms with Gasteiger partial charge in [0.25, 0.3) is 0 Å². The molecule has 0 saturated carbocycles. The molecule has 1 aromatic heterocycles. The summed E-state index contributed by atoms with van der Waals surface area (Å²) in [6.45, 7) is 2.83. The SMILES string of the molecule is CSc1nc(NN)cc(NCC2(O)CCOC2C)n1. The number of nitrogens with one attached hydrogen (secondary N) is 2. The molecule has 1 aliphatic heterocycles. The molecule has 2 unspecified atom stereocenters. The van der Waals surface area contributed by atoms with Crippen molar-refractivity contribution in [1.82, 2.24) is 9.97 Å². The van der Waals surface area contributed by atoms with Crippen LogP contribution in [0.15, 0.2) is 11.2 Å². The molecule has 5 N–H and O–H groups in total. The highest BCUT2D eigenvalue weighted by atomic mass is 32.2. The number of aromatic nitrogens is 2. The van der Waals surface area contributed by atoms with Crippen LogP contribution in [0.1, 0.15) is 13.3 Å². The van der Waals surface area contributed by atoms with Crippen molar-refractivity contribution in [3.05, 3.63) is 6.07 Å². The van der Waals surface area contributed by atoms with Crippen molar-refractivity contribution >= 4 is 23.4 Å². The van der Waals surface area contributed by atoms with E-state index in [2.05, 4.69) is 20.7 Å². The first-order valence-electron chi connectivity index (χ1n) is 6.05. The molecule has 0 aliphatic carbocycles. The quantitative estimate of drug-likeness (QED) is 0.267. The fourth-order valence-corrected chi connectivity index (χ4v) is 2.31. The smallest absolute Gasteiger partial charge is 0.191 e. The van der Waals surface area contributed by atoms with Gasteiger partial charge in [0.2, 0.25) is 0 Å². The minimum Gasteiger partial charge on any atom is -0.385 e. The average molecular weight is 285 g/mol. The molecule has 2 rings (SSSR count). The van der Waals surface area contributed by atoms with E-state index in [1.54, 1.807) is 6.07 Å². The van der Waals surface area contributed by atoms with Crippen molar-refractivity contribution in [3.63, 3.8) is 0 Å². The van der Waals surface area contributed by atoms with Gasteiger partial charge in [-0.05, 0) is 13.2 Å². The summed E-state index contributed by atoms with van der Waals surface area (Å²) in [7, 11) is 0. The minimum atomic E-state index is -0.860. The van der Waals surface area contributed by atoms with Gasteiger partial charge in [0.05, 0.1) is 6.10 Å². The van der Waals surface area contributed by atoms with Crippen molar-refractivity contribution in [2.24, 2.45) is 5.84 Å². The number of nitrogen functional groups attached to an aromatic ring is 1. The Morgan fingerprint density at radius 2 is 2.32 bits per heavy atom. The van der Waals surface area contributed by atoms with E-state index in [0.717, 1.165) is 0 Å². The zero-order chi connectivity index (χ0) is 13.9. The standard InChI is InChI=1S/C11H19N5O2S/c1-7-11(17,3-4-18-7)6-13-8-5-9(16-12)15-10(14-8)19-2/h5,7,17H,3-4,6,12H2,1-2H3,(H2,13,14,15,16). The number of ether oxygens (including phenoxy) is 1. The number of aliphatic hydroxyl groups is 1. The van der Waals surface area contributed by atoms with Gasteiger partial charge in [0.1, 0.15) is 17.2 Å². The van der Waals surface area contributed by atoms with Crippen LogP contribution in [0.3, 0.4) is 0 Å². The van der Waals surface area contributed by atoms with Gasteiger partial charge in [-0.15, -0.1) is 0 Å². The van der Waals surface area contributed by atoms with Crippen LogP contribution in [0.25, 0.3) is 0 Å². The summed E-state index contributed by atoms with van der Waals surface area (Å²) in [5.41, 5.74) is 1.64. The largest absolute Gasteiger partial charge is 0.385 e. The lowest BCUT2D eigenvalue weighted by atomic mass is 9.97. The molecule has 106 valence electrons. The summed E-state index contributed by atoms with van der Waals surface area (Å²) in [4.78, 5) is 8.48. The molecule has 0 aromatic carbocycles. The molecule has 2 atom stereocenters. The topological polar surface area (TPSA) is 105 Å². The first kappa shape index (κ1) is 14.3. The van der Waals surface area contributed by atoms with Crippen LogP contribution in [0, 0.1) is 0 Å². The Morgan fingerprint density at radius 1 is 1.58 bits per heavy atom. The number of anilines is 2. The third-order valence-corrected chi connectivity index (χ3v) is 3.82. The monoisotopic (exact) mass is 285 g/mol. The van der Waals surface area contributed by atoms with Crippen molar-refractivity contribution < 1.29 is 9.84 Å². The first-order valence-corrected chi connectivity index (χ1v) is 7.27. The van der Waals surface area contributed by atoms with Crippen LogP contribution in [0.4, 0.5) is 11.6 Å². The van der Waals surface area contributed by atoms with Gasteiger partial charge in [-0.25, -0.2) is 15.8 Å². The Balaban J connectivity index is 2.06. The van der Waals surface area contributed by atoms with Crippen LogP contribution in [0.5, 0.6) is 0 Å². The number of hydrogen-bond acceptors (Lipinski definition) is 8. The molecule has 0 radical (unpaired) electrons. The van der Waals surface area contributed by atoms with Gasteiger partial charge in [-0.2, -0.15) is 0 Å². The predicted molar refractivity (Wildman–Crippen MR) is 75.1 cm³/mol. The summed E-state index contributed by atoms with van der Waals surface area (Å²) in [6.07, 6.45) is 2.32. The average Bonchev–Trinajstić information content (AvgIpc) is 2.76. The van der Waals surface area contributed by atoms with Crippen molar-refractivity contribution in [3.8, 4) is 0 Å².